The van der Waals surface area contributed by atoms with Crippen molar-refractivity contribution in [2.45, 2.75) is 134 Å². The van der Waals surface area contributed by atoms with Gasteiger partial charge < -0.3 is 24.2 Å². The topological polar surface area (TPSA) is 115 Å². The van der Waals surface area contributed by atoms with Gasteiger partial charge in [-0.1, -0.05) is 46.8 Å². The molecule has 0 unspecified atom stereocenters. The van der Waals surface area contributed by atoms with Crippen LogP contribution >= 0.6 is 11.6 Å². The van der Waals surface area contributed by atoms with E-state index >= 15 is 0 Å². The van der Waals surface area contributed by atoms with E-state index < -0.39 is 42.7 Å². The third kappa shape index (κ3) is 7.39. The number of fused-ring (bicyclic) bond motifs is 1. The molecule has 0 aromatic carbocycles. The van der Waals surface area contributed by atoms with Gasteiger partial charge >= 0.3 is 11.9 Å². The van der Waals surface area contributed by atoms with E-state index in [4.69, 9.17) is 25.5 Å². The van der Waals surface area contributed by atoms with Gasteiger partial charge in [0.2, 0.25) is 0 Å². The summed E-state index contributed by atoms with van der Waals surface area (Å²) in [6.07, 6.45) is 7.05. The Bertz CT molecular complexity index is 1010. The average molecular weight is 614 g/mol. The number of aliphatic hydroxyl groups is 1. The summed E-state index contributed by atoms with van der Waals surface area (Å²) < 4.78 is 18.5. The molecule has 1 saturated carbocycles. The smallest absolute Gasteiger partial charge is 0.311 e. The Morgan fingerprint density at radius 2 is 1.90 bits per heavy atom. The number of carbonyl (C=O) groups excluding carboxylic acids is 2. The Morgan fingerprint density at radius 1 is 1.24 bits per heavy atom. The van der Waals surface area contributed by atoms with Crippen LogP contribution in [0.4, 0.5) is 0 Å². The van der Waals surface area contributed by atoms with Gasteiger partial charge in [0.15, 0.2) is 8.32 Å². The Morgan fingerprint density at radius 3 is 2.49 bits per heavy atom. The minimum Gasteiger partial charge on any atom is -0.462 e. The molecule has 0 amide bonds. The van der Waals surface area contributed by atoms with Crippen molar-refractivity contribution in [1.29, 1.82) is 0 Å². The van der Waals surface area contributed by atoms with Crippen LogP contribution in [0.15, 0.2) is 17.3 Å². The van der Waals surface area contributed by atoms with Gasteiger partial charge in [0.25, 0.3) is 0 Å². The second-order valence-electron chi connectivity index (χ2n) is 14.7. The molecule has 2 N–H and O–H groups in total. The van der Waals surface area contributed by atoms with Crippen LogP contribution in [-0.4, -0.2) is 66.1 Å². The third-order valence-electron chi connectivity index (χ3n) is 10.3. The van der Waals surface area contributed by atoms with Crippen molar-refractivity contribution in [1.82, 2.24) is 0 Å². The molecule has 0 aromatic heterocycles. The first-order chi connectivity index (χ1) is 18.9. The number of nitrogens with zero attached hydrogens (tertiary/aromatic N) is 1. The van der Waals surface area contributed by atoms with Gasteiger partial charge in [-0.2, -0.15) is 0 Å². The Hall–Kier alpha value is -1.42. The van der Waals surface area contributed by atoms with Crippen LogP contribution in [-0.2, 0) is 23.5 Å². The molecule has 3 rings (SSSR count). The number of esters is 2. The number of rotatable bonds is 9. The quantitative estimate of drug-likeness (QED) is 0.0583. The number of hydrogen-bond donors (Lipinski definition) is 2. The minimum atomic E-state index is -2.06. The highest BCUT2D eigenvalue weighted by Crippen LogP contribution is 2.52. The fourth-order valence-electron chi connectivity index (χ4n) is 6.27. The van der Waals surface area contributed by atoms with E-state index in [-0.39, 0.29) is 47.4 Å². The van der Waals surface area contributed by atoms with Crippen molar-refractivity contribution in [3.8, 4) is 0 Å². The first kappa shape index (κ1) is 34.1. The molecular formula is C31H52ClNO7Si. The lowest BCUT2D eigenvalue weighted by Gasteiger charge is -2.54. The maximum atomic E-state index is 13.2. The van der Waals surface area contributed by atoms with E-state index in [0.29, 0.717) is 32.1 Å². The summed E-state index contributed by atoms with van der Waals surface area (Å²) in [4.78, 5) is 25.8. The van der Waals surface area contributed by atoms with Crippen molar-refractivity contribution in [3.63, 3.8) is 0 Å². The first-order valence-corrected chi connectivity index (χ1v) is 18.5. The third-order valence-corrected chi connectivity index (χ3v) is 15.5. The van der Waals surface area contributed by atoms with Gasteiger partial charge in [-0.25, -0.2) is 0 Å². The van der Waals surface area contributed by atoms with Crippen LogP contribution in [0.5, 0.6) is 0 Å². The lowest BCUT2D eigenvalue weighted by Crippen LogP contribution is -2.62. The molecule has 1 heterocycles. The second-order valence-corrected chi connectivity index (χ2v) is 19.9. The molecule has 41 heavy (non-hydrogen) atoms. The number of cyclic esters (lactones) is 1. The Kier molecular flexibility index (Phi) is 10.5. The number of hydrogen-bond acceptors (Lipinski definition) is 8. The van der Waals surface area contributed by atoms with Crippen LogP contribution in [0.3, 0.4) is 0 Å². The molecule has 0 bridgehead atoms. The molecule has 1 aliphatic heterocycles. The van der Waals surface area contributed by atoms with Crippen molar-refractivity contribution in [2.24, 2.45) is 34.2 Å². The van der Waals surface area contributed by atoms with Crippen molar-refractivity contribution in [3.05, 3.63) is 12.2 Å². The fraction of sp³-hybridized carbons (Fsp3) is 0.839. The van der Waals surface area contributed by atoms with E-state index in [1.54, 1.807) is 6.08 Å². The van der Waals surface area contributed by atoms with Gasteiger partial charge in [-0.15, -0.1) is 16.8 Å². The SMILES string of the molecule is CCC(C)(C)C(=O)O[C@H]1C[C@@H](C=NO)[C@H](Cl)[C@]2(O)C=C[C@H](C)[C@H](CC[C@@H]3C[C@@H](O[Si](C)(C)C(C)(C)C)CC(=O)O3)[C@@H]12. The predicted molar refractivity (Wildman–Crippen MR) is 163 cm³/mol. The summed E-state index contributed by atoms with van der Waals surface area (Å²) in [5.74, 6) is -1.53. The Balaban J connectivity index is 1.84. The number of halogens is 1. The molecule has 0 spiro atoms. The van der Waals surface area contributed by atoms with Crippen LogP contribution in [0, 0.1) is 29.1 Å². The molecule has 0 radical (unpaired) electrons. The average Bonchev–Trinajstić information content (AvgIpc) is 2.86. The maximum absolute atomic E-state index is 13.2. The molecule has 10 heteroatoms. The summed E-state index contributed by atoms with van der Waals surface area (Å²) in [6, 6.07) is 0. The first-order valence-electron chi connectivity index (χ1n) is 15.2. The minimum absolute atomic E-state index is 0.0363. The molecular weight excluding hydrogens is 562 g/mol. The largest absolute Gasteiger partial charge is 0.462 e. The molecule has 234 valence electrons. The van der Waals surface area contributed by atoms with E-state index in [2.05, 4.69) is 45.9 Å². The zero-order chi connectivity index (χ0) is 31.0. The van der Waals surface area contributed by atoms with Gasteiger partial charge in [0.05, 0.1) is 23.3 Å². The van der Waals surface area contributed by atoms with Crippen LogP contribution in [0.1, 0.15) is 87.0 Å². The highest BCUT2D eigenvalue weighted by Gasteiger charge is 2.58. The molecule has 0 aromatic rings. The van der Waals surface area contributed by atoms with Crippen molar-refractivity contribution < 1.29 is 33.8 Å². The number of oxime groups is 1. The number of ether oxygens (including phenoxy) is 2. The van der Waals surface area contributed by atoms with E-state index in [1.165, 1.54) is 6.21 Å². The second kappa shape index (κ2) is 12.7. The predicted octanol–water partition coefficient (Wildman–Crippen LogP) is 6.47. The van der Waals surface area contributed by atoms with Crippen LogP contribution < -0.4 is 0 Å². The highest BCUT2D eigenvalue weighted by atomic mass is 35.5. The lowest BCUT2D eigenvalue weighted by atomic mass is 9.58. The van der Waals surface area contributed by atoms with Crippen molar-refractivity contribution >= 4 is 38.1 Å². The van der Waals surface area contributed by atoms with E-state index in [0.717, 1.165) is 0 Å². The molecule has 2 aliphatic carbocycles. The van der Waals surface area contributed by atoms with Gasteiger partial charge in [0, 0.05) is 24.5 Å². The standard InChI is InChI=1S/C31H52ClNO7Si/c1-10-30(6,7)28(35)39-24-15-20(18-33-37)27(32)31(36)14-13-19(2)23(26(24)31)12-11-21-16-22(17-25(34)38-21)40-41(8,9)29(3,4)5/h13-14,18-24,26-27,36-37H,10-12,15-17H2,1-9H3/t19-,20-,21+,22+,23-,24-,26-,27-,31-/m0/s1. The Labute approximate surface area is 252 Å². The molecule has 2 fully saturated rings. The molecule has 8 nitrogen and oxygen atoms in total. The fourth-order valence-corrected chi connectivity index (χ4v) is 8.02. The number of alkyl halides is 1. The number of allylic oxidation sites excluding steroid dienone is 1. The molecule has 1 saturated heterocycles. The number of carbonyl (C=O) groups is 2. The van der Waals surface area contributed by atoms with E-state index in [1.807, 2.05) is 26.8 Å². The van der Waals surface area contributed by atoms with Gasteiger partial charge in [-0.05, 0) is 69.5 Å². The normalized spacial score (nSPS) is 36.6. The summed E-state index contributed by atoms with van der Waals surface area (Å²) >= 11 is 6.87. The highest BCUT2D eigenvalue weighted by molar-refractivity contribution is 6.74. The molecule has 3 aliphatic rings. The zero-order valence-corrected chi connectivity index (χ0v) is 28.1. The summed E-state index contributed by atoms with van der Waals surface area (Å²) in [6.45, 7) is 18.7. The monoisotopic (exact) mass is 613 g/mol. The summed E-state index contributed by atoms with van der Waals surface area (Å²) in [7, 11) is -2.06. The lowest BCUT2D eigenvalue weighted by molar-refractivity contribution is -0.181. The maximum Gasteiger partial charge on any atom is 0.311 e. The van der Waals surface area contributed by atoms with Crippen LogP contribution in [0.2, 0.25) is 18.1 Å². The van der Waals surface area contributed by atoms with E-state index in [9.17, 15) is 19.9 Å². The van der Waals surface area contributed by atoms with Crippen molar-refractivity contribution in [2.75, 3.05) is 0 Å². The zero-order valence-electron chi connectivity index (χ0n) is 26.4. The summed E-state index contributed by atoms with van der Waals surface area (Å²) in [5.41, 5.74) is -2.15. The van der Waals surface area contributed by atoms with Gasteiger partial charge in [0.1, 0.15) is 17.8 Å². The summed E-state index contributed by atoms with van der Waals surface area (Å²) in [5, 5.41) is 23.8. The molecule has 9 atom stereocenters. The van der Waals surface area contributed by atoms with Gasteiger partial charge in [-0.3, -0.25) is 9.59 Å². The van der Waals surface area contributed by atoms with Crippen LogP contribution in [0.25, 0.3) is 0 Å².